The summed E-state index contributed by atoms with van der Waals surface area (Å²) in [5, 5.41) is 0. The first-order valence-electron chi connectivity index (χ1n) is 13.7. The van der Waals surface area contributed by atoms with Gasteiger partial charge in [-0.05, 0) is 87.1 Å². The number of halogens is 3. The Morgan fingerprint density at radius 3 is 2.39 bits per heavy atom. The lowest BCUT2D eigenvalue weighted by molar-refractivity contribution is -0.141. The van der Waals surface area contributed by atoms with Gasteiger partial charge in [0.1, 0.15) is 0 Å². The molecule has 2 saturated carbocycles. The number of hydrogen-bond acceptors (Lipinski definition) is 4. The van der Waals surface area contributed by atoms with Crippen molar-refractivity contribution < 1.29 is 27.5 Å². The Balaban J connectivity index is 1.29. The van der Waals surface area contributed by atoms with Crippen molar-refractivity contribution in [3.05, 3.63) is 59.2 Å². The highest BCUT2D eigenvalue weighted by atomic mass is 19.4. The molecule has 1 amide bonds. The number of hydrogen-bond donors (Lipinski definition) is 0. The minimum absolute atomic E-state index is 0.0490. The number of amides is 1. The van der Waals surface area contributed by atoms with E-state index in [-0.39, 0.29) is 23.9 Å². The summed E-state index contributed by atoms with van der Waals surface area (Å²) in [5.74, 6) is -0.234. The summed E-state index contributed by atoms with van der Waals surface area (Å²) < 4.78 is 46.2. The molecule has 2 aromatic carbocycles. The van der Waals surface area contributed by atoms with Crippen LogP contribution in [0.2, 0.25) is 0 Å². The second-order valence-corrected chi connectivity index (χ2v) is 10.9. The number of rotatable bonds is 10. The first kappa shape index (κ1) is 26.6. The van der Waals surface area contributed by atoms with Crippen molar-refractivity contribution in [2.45, 2.75) is 76.4 Å². The van der Waals surface area contributed by atoms with Crippen molar-refractivity contribution in [1.29, 1.82) is 0 Å². The summed E-state index contributed by atoms with van der Waals surface area (Å²) in [4.78, 5) is 29.4. The normalized spacial score (nSPS) is 18.2. The quantitative estimate of drug-likeness (QED) is 0.268. The summed E-state index contributed by atoms with van der Waals surface area (Å²) in [7, 11) is 1.34. The number of unbranched alkanes of at least 4 members (excludes halogenated alkanes) is 1. The molecule has 0 radical (unpaired) electrons. The van der Waals surface area contributed by atoms with Crippen molar-refractivity contribution in [1.82, 2.24) is 0 Å². The fraction of sp³-hybridized carbons (Fsp3) is 0.533. The molecule has 2 aromatic rings. The van der Waals surface area contributed by atoms with Gasteiger partial charge in [-0.15, -0.1) is 0 Å². The van der Waals surface area contributed by atoms with E-state index in [4.69, 9.17) is 0 Å². The predicted octanol–water partition coefficient (Wildman–Crippen LogP) is 6.32. The third-order valence-electron chi connectivity index (χ3n) is 8.26. The van der Waals surface area contributed by atoms with Crippen LogP contribution in [0.4, 0.5) is 24.5 Å². The second-order valence-electron chi connectivity index (χ2n) is 10.9. The van der Waals surface area contributed by atoms with E-state index in [0.717, 1.165) is 23.5 Å². The molecule has 38 heavy (non-hydrogen) atoms. The Morgan fingerprint density at radius 2 is 1.74 bits per heavy atom. The standard InChI is InChI=1S/C30H35F3N2O3/c1-38-27(36)9-5-2-6-21-10-13-24(30(31,32)33)22(20-21)14-15-29(16-17-29)28(37)35-19-18-34(23-11-12-23)25-7-3-4-8-26(25)35/h3-4,7-8,10,13,20,23H,2,5-6,9,11-12,14-19H2,1H3. The van der Waals surface area contributed by atoms with Gasteiger partial charge >= 0.3 is 12.1 Å². The van der Waals surface area contributed by atoms with Gasteiger partial charge in [-0.1, -0.05) is 24.3 Å². The van der Waals surface area contributed by atoms with E-state index in [9.17, 15) is 22.8 Å². The molecule has 2 fully saturated rings. The van der Waals surface area contributed by atoms with Gasteiger partial charge in [0.15, 0.2) is 0 Å². The van der Waals surface area contributed by atoms with Gasteiger partial charge in [-0.25, -0.2) is 0 Å². The molecular weight excluding hydrogens is 493 g/mol. The largest absolute Gasteiger partial charge is 0.469 e. The number of benzene rings is 2. The number of carbonyl (C=O) groups is 2. The molecule has 0 atom stereocenters. The van der Waals surface area contributed by atoms with E-state index in [2.05, 4.69) is 15.7 Å². The molecule has 1 heterocycles. The smallest absolute Gasteiger partial charge is 0.416 e. The molecule has 5 rings (SSSR count). The van der Waals surface area contributed by atoms with Gasteiger partial charge in [-0.2, -0.15) is 13.2 Å². The molecular formula is C30H35F3N2O3. The fourth-order valence-electron chi connectivity index (χ4n) is 5.73. The average molecular weight is 529 g/mol. The maximum absolute atomic E-state index is 13.8. The van der Waals surface area contributed by atoms with Crippen LogP contribution < -0.4 is 9.80 Å². The average Bonchev–Trinajstić information content (AvgIpc) is 3.84. The van der Waals surface area contributed by atoms with E-state index in [1.54, 1.807) is 6.07 Å². The summed E-state index contributed by atoms with van der Waals surface area (Å²) in [5.41, 5.74) is 1.87. The minimum atomic E-state index is -4.45. The molecule has 3 aliphatic rings. The number of anilines is 2. The number of aryl methyl sites for hydroxylation is 2. The number of methoxy groups -OCH3 is 1. The number of esters is 1. The topological polar surface area (TPSA) is 49.9 Å². The van der Waals surface area contributed by atoms with Crippen LogP contribution >= 0.6 is 0 Å². The number of alkyl halides is 3. The van der Waals surface area contributed by atoms with Crippen LogP contribution in [-0.2, 0) is 33.3 Å². The molecule has 0 spiro atoms. The second kappa shape index (κ2) is 10.6. The molecule has 0 saturated heterocycles. The van der Waals surface area contributed by atoms with Crippen LogP contribution in [0.5, 0.6) is 0 Å². The SMILES string of the molecule is COC(=O)CCCCc1ccc(C(F)(F)F)c(CCC2(C(=O)N3CCN(C4CC4)c4ccccc43)CC2)c1. The van der Waals surface area contributed by atoms with Gasteiger partial charge in [0.05, 0.1) is 29.5 Å². The number of fused-ring (bicyclic) bond motifs is 1. The van der Waals surface area contributed by atoms with Gasteiger partial charge in [0.2, 0.25) is 5.91 Å². The van der Waals surface area contributed by atoms with Crippen LogP contribution in [0.1, 0.15) is 68.1 Å². The van der Waals surface area contributed by atoms with E-state index < -0.39 is 17.2 Å². The lowest BCUT2D eigenvalue weighted by Crippen LogP contribution is -2.47. The summed E-state index contributed by atoms with van der Waals surface area (Å²) >= 11 is 0. The zero-order chi connectivity index (χ0) is 26.9. The first-order valence-corrected chi connectivity index (χ1v) is 13.7. The molecule has 204 valence electrons. The maximum atomic E-state index is 13.8. The number of para-hydroxylation sites is 2. The first-order chi connectivity index (χ1) is 18.2. The van der Waals surface area contributed by atoms with Crippen LogP contribution in [0, 0.1) is 5.41 Å². The van der Waals surface area contributed by atoms with Crippen molar-refractivity contribution in [2.75, 3.05) is 30.0 Å². The van der Waals surface area contributed by atoms with Gasteiger partial charge in [0, 0.05) is 25.6 Å². The lowest BCUT2D eigenvalue weighted by atomic mass is 9.91. The molecule has 0 bridgehead atoms. The Hall–Kier alpha value is -3.03. The van der Waals surface area contributed by atoms with Gasteiger partial charge in [-0.3, -0.25) is 9.59 Å². The highest BCUT2D eigenvalue weighted by Crippen LogP contribution is 2.53. The number of ether oxygens (including phenoxy) is 1. The van der Waals surface area contributed by atoms with Gasteiger partial charge in [0.25, 0.3) is 0 Å². The third kappa shape index (κ3) is 5.69. The van der Waals surface area contributed by atoms with E-state index in [0.29, 0.717) is 57.5 Å². The highest BCUT2D eigenvalue weighted by molar-refractivity contribution is 6.02. The molecule has 0 unspecified atom stereocenters. The monoisotopic (exact) mass is 528 g/mol. The van der Waals surface area contributed by atoms with E-state index >= 15 is 0 Å². The molecule has 0 N–H and O–H groups in total. The minimum Gasteiger partial charge on any atom is -0.469 e. The number of nitrogens with zero attached hydrogens (tertiary/aromatic N) is 2. The lowest BCUT2D eigenvalue weighted by Gasteiger charge is -2.39. The Kier molecular flexibility index (Phi) is 7.43. The van der Waals surface area contributed by atoms with Crippen LogP contribution in [0.3, 0.4) is 0 Å². The maximum Gasteiger partial charge on any atom is 0.416 e. The van der Waals surface area contributed by atoms with Crippen molar-refractivity contribution >= 4 is 23.3 Å². The molecule has 8 heteroatoms. The zero-order valence-electron chi connectivity index (χ0n) is 21.9. The van der Waals surface area contributed by atoms with E-state index in [1.165, 1.54) is 32.1 Å². The molecule has 2 aliphatic carbocycles. The van der Waals surface area contributed by atoms with E-state index in [1.807, 2.05) is 23.1 Å². The number of carbonyl (C=O) groups excluding carboxylic acids is 2. The molecule has 5 nitrogen and oxygen atoms in total. The summed E-state index contributed by atoms with van der Waals surface area (Å²) in [6.45, 7) is 1.41. The van der Waals surface area contributed by atoms with Gasteiger partial charge < -0.3 is 14.5 Å². The van der Waals surface area contributed by atoms with Crippen molar-refractivity contribution in [3.63, 3.8) is 0 Å². The highest BCUT2D eigenvalue weighted by Gasteiger charge is 2.52. The van der Waals surface area contributed by atoms with Crippen molar-refractivity contribution in [2.24, 2.45) is 5.41 Å². The Morgan fingerprint density at radius 1 is 1.00 bits per heavy atom. The third-order valence-corrected chi connectivity index (χ3v) is 8.26. The summed E-state index contributed by atoms with van der Waals surface area (Å²) in [6, 6.07) is 12.9. The fourth-order valence-corrected chi connectivity index (χ4v) is 5.73. The van der Waals surface area contributed by atoms with Crippen LogP contribution in [0.15, 0.2) is 42.5 Å². The zero-order valence-corrected chi connectivity index (χ0v) is 21.9. The molecule has 1 aliphatic heterocycles. The van der Waals surface area contributed by atoms with Crippen molar-refractivity contribution in [3.8, 4) is 0 Å². The van der Waals surface area contributed by atoms with Crippen LogP contribution in [0.25, 0.3) is 0 Å². The molecule has 0 aromatic heterocycles. The summed E-state index contributed by atoms with van der Waals surface area (Å²) in [6.07, 6.45) is 2.15. The Labute approximate surface area is 221 Å². The predicted molar refractivity (Wildman–Crippen MR) is 140 cm³/mol. The Bertz CT molecular complexity index is 1190. The van der Waals surface area contributed by atoms with Crippen LogP contribution in [-0.4, -0.2) is 38.1 Å².